The normalized spacial score (nSPS) is 10.3. The number of carbonyl (C=O) groups is 2. The van der Waals surface area contributed by atoms with Crippen LogP contribution in [0.4, 0.5) is 17.2 Å². The summed E-state index contributed by atoms with van der Waals surface area (Å²) in [5.41, 5.74) is 4.65. The molecule has 1 heterocycles. The zero-order valence-corrected chi connectivity index (χ0v) is 15.4. The van der Waals surface area contributed by atoms with Gasteiger partial charge in [0, 0.05) is 16.9 Å². The van der Waals surface area contributed by atoms with Crippen molar-refractivity contribution in [2.24, 2.45) is 0 Å². The van der Waals surface area contributed by atoms with Crippen LogP contribution in [0.2, 0.25) is 0 Å². The Kier molecular flexibility index (Phi) is 5.26. The third kappa shape index (κ3) is 4.36. The molecule has 136 valence electrons. The van der Waals surface area contributed by atoms with E-state index in [0.717, 1.165) is 11.3 Å². The van der Waals surface area contributed by atoms with Gasteiger partial charge in [-0.05, 0) is 62.2 Å². The second-order valence-electron chi connectivity index (χ2n) is 6.25. The molecular weight excluding hydrogens is 340 g/mol. The predicted molar refractivity (Wildman–Crippen MR) is 106 cm³/mol. The number of anilines is 3. The van der Waals surface area contributed by atoms with E-state index in [9.17, 15) is 9.59 Å². The van der Waals surface area contributed by atoms with E-state index < -0.39 is 0 Å². The molecule has 0 aliphatic rings. The van der Waals surface area contributed by atoms with Gasteiger partial charge < -0.3 is 10.6 Å². The van der Waals surface area contributed by atoms with E-state index in [2.05, 4.69) is 20.6 Å². The monoisotopic (exact) mass is 360 g/mol. The highest BCUT2D eigenvalue weighted by molar-refractivity contribution is 6.03. The number of hydrogen-bond acceptors (Lipinski definition) is 5. The summed E-state index contributed by atoms with van der Waals surface area (Å²) in [6.07, 6.45) is 2.95. The van der Waals surface area contributed by atoms with Crippen molar-refractivity contribution >= 4 is 28.9 Å². The number of Topliss-reactive ketones (excluding diaryl/α,β-unsaturated/α-hetero) is 1. The van der Waals surface area contributed by atoms with Gasteiger partial charge >= 0.3 is 0 Å². The molecule has 0 bridgehead atoms. The molecule has 3 aromatic rings. The average molecular weight is 360 g/mol. The van der Waals surface area contributed by atoms with Crippen molar-refractivity contribution in [1.82, 2.24) is 9.97 Å². The maximum absolute atomic E-state index is 12.3. The smallest absolute Gasteiger partial charge is 0.275 e. The Morgan fingerprint density at radius 2 is 1.67 bits per heavy atom. The first kappa shape index (κ1) is 18.3. The van der Waals surface area contributed by atoms with Gasteiger partial charge in [0.1, 0.15) is 11.5 Å². The van der Waals surface area contributed by atoms with Crippen molar-refractivity contribution in [3.63, 3.8) is 0 Å². The third-order valence-electron chi connectivity index (χ3n) is 4.30. The molecule has 6 heteroatoms. The van der Waals surface area contributed by atoms with E-state index in [0.29, 0.717) is 17.1 Å². The minimum Gasteiger partial charge on any atom is -0.339 e. The molecular formula is C21H20N4O2. The number of hydrogen-bond donors (Lipinski definition) is 2. The summed E-state index contributed by atoms with van der Waals surface area (Å²) in [5, 5.41) is 5.95. The van der Waals surface area contributed by atoms with Crippen LogP contribution in [0, 0.1) is 13.8 Å². The molecule has 1 aromatic heterocycles. The van der Waals surface area contributed by atoms with E-state index >= 15 is 0 Å². The molecule has 6 nitrogen and oxygen atoms in total. The summed E-state index contributed by atoms with van der Waals surface area (Å²) in [6, 6.07) is 12.7. The molecule has 0 aliphatic carbocycles. The van der Waals surface area contributed by atoms with Crippen LogP contribution in [0.25, 0.3) is 0 Å². The molecule has 0 fully saturated rings. The van der Waals surface area contributed by atoms with Crippen LogP contribution in [0.5, 0.6) is 0 Å². The molecule has 27 heavy (non-hydrogen) atoms. The van der Waals surface area contributed by atoms with Gasteiger partial charge in [0.15, 0.2) is 5.78 Å². The molecule has 0 aliphatic heterocycles. The molecule has 0 unspecified atom stereocenters. The van der Waals surface area contributed by atoms with Crippen molar-refractivity contribution in [3.8, 4) is 0 Å². The van der Waals surface area contributed by atoms with Crippen LogP contribution in [-0.4, -0.2) is 21.7 Å². The molecule has 3 rings (SSSR count). The van der Waals surface area contributed by atoms with E-state index in [4.69, 9.17) is 0 Å². The molecule has 2 aromatic carbocycles. The van der Waals surface area contributed by atoms with Gasteiger partial charge in [-0.15, -0.1) is 0 Å². The molecule has 0 radical (unpaired) electrons. The second kappa shape index (κ2) is 7.78. The molecule has 0 spiro atoms. The zero-order valence-electron chi connectivity index (χ0n) is 15.4. The van der Waals surface area contributed by atoms with Crippen molar-refractivity contribution in [2.45, 2.75) is 20.8 Å². The van der Waals surface area contributed by atoms with Gasteiger partial charge in [-0.3, -0.25) is 9.59 Å². The van der Waals surface area contributed by atoms with Gasteiger partial charge in [0.2, 0.25) is 0 Å². The number of aryl methyl sites for hydroxylation is 1. The lowest BCUT2D eigenvalue weighted by Crippen LogP contribution is -2.14. The van der Waals surface area contributed by atoms with Crippen LogP contribution in [-0.2, 0) is 0 Å². The lowest BCUT2D eigenvalue weighted by Gasteiger charge is -2.11. The number of nitrogens with zero attached hydrogens (tertiary/aromatic N) is 2. The van der Waals surface area contributed by atoms with E-state index in [1.54, 1.807) is 24.3 Å². The number of ketones is 1. The number of nitrogens with one attached hydrogen (secondary N) is 2. The Hall–Kier alpha value is -3.54. The van der Waals surface area contributed by atoms with Gasteiger partial charge in [-0.1, -0.05) is 12.1 Å². The van der Waals surface area contributed by atoms with Crippen LogP contribution in [0.3, 0.4) is 0 Å². The number of amides is 1. The standard InChI is InChI=1S/C21H20N4O2/c1-13-5-4-6-18(14(13)2)25-20-12-22-19(11-23-20)21(27)24-17-9-7-16(8-10-17)15(3)26/h4-12H,1-3H3,(H,23,25)(H,24,27). The Bertz CT molecular complexity index is 980. The molecule has 0 saturated heterocycles. The summed E-state index contributed by atoms with van der Waals surface area (Å²) in [4.78, 5) is 32.0. The summed E-state index contributed by atoms with van der Waals surface area (Å²) < 4.78 is 0. The average Bonchev–Trinajstić information content (AvgIpc) is 2.66. The summed E-state index contributed by atoms with van der Waals surface area (Å²) >= 11 is 0. The SMILES string of the molecule is CC(=O)c1ccc(NC(=O)c2cnc(Nc3cccc(C)c3C)cn2)cc1. The lowest BCUT2D eigenvalue weighted by atomic mass is 10.1. The summed E-state index contributed by atoms with van der Waals surface area (Å²) in [7, 11) is 0. The Morgan fingerprint density at radius 1 is 0.926 bits per heavy atom. The third-order valence-corrected chi connectivity index (χ3v) is 4.30. The molecule has 0 atom stereocenters. The molecule has 0 saturated carbocycles. The van der Waals surface area contributed by atoms with Crippen molar-refractivity contribution in [2.75, 3.05) is 10.6 Å². The van der Waals surface area contributed by atoms with E-state index in [1.165, 1.54) is 24.9 Å². The van der Waals surface area contributed by atoms with Gasteiger partial charge in [-0.25, -0.2) is 9.97 Å². The minimum absolute atomic E-state index is 0.0225. The maximum atomic E-state index is 12.3. The van der Waals surface area contributed by atoms with Crippen molar-refractivity contribution in [3.05, 3.63) is 77.2 Å². The van der Waals surface area contributed by atoms with Crippen LogP contribution < -0.4 is 10.6 Å². The lowest BCUT2D eigenvalue weighted by molar-refractivity contribution is 0.101. The van der Waals surface area contributed by atoms with Gasteiger partial charge in [-0.2, -0.15) is 0 Å². The van der Waals surface area contributed by atoms with Crippen molar-refractivity contribution in [1.29, 1.82) is 0 Å². The first-order valence-corrected chi connectivity index (χ1v) is 8.51. The first-order valence-electron chi connectivity index (χ1n) is 8.51. The number of carbonyl (C=O) groups excluding carboxylic acids is 2. The number of aromatic nitrogens is 2. The highest BCUT2D eigenvalue weighted by Gasteiger charge is 2.10. The Balaban J connectivity index is 1.68. The summed E-state index contributed by atoms with van der Waals surface area (Å²) in [5.74, 6) is 0.174. The minimum atomic E-state index is -0.364. The predicted octanol–water partition coefficient (Wildman–Crippen LogP) is 4.29. The molecule has 2 N–H and O–H groups in total. The van der Waals surface area contributed by atoms with E-state index in [-0.39, 0.29) is 17.4 Å². The van der Waals surface area contributed by atoms with Crippen LogP contribution >= 0.6 is 0 Å². The van der Waals surface area contributed by atoms with Crippen LogP contribution in [0.1, 0.15) is 38.9 Å². The largest absolute Gasteiger partial charge is 0.339 e. The van der Waals surface area contributed by atoms with E-state index in [1.807, 2.05) is 32.0 Å². The molecule has 1 amide bonds. The first-order chi connectivity index (χ1) is 12.9. The van der Waals surface area contributed by atoms with Gasteiger partial charge in [0.25, 0.3) is 5.91 Å². The Labute approximate surface area is 157 Å². The topological polar surface area (TPSA) is 84.0 Å². The fourth-order valence-electron chi connectivity index (χ4n) is 2.52. The second-order valence-corrected chi connectivity index (χ2v) is 6.25. The highest BCUT2D eigenvalue weighted by atomic mass is 16.2. The van der Waals surface area contributed by atoms with Crippen LogP contribution in [0.15, 0.2) is 54.9 Å². The highest BCUT2D eigenvalue weighted by Crippen LogP contribution is 2.21. The fourth-order valence-corrected chi connectivity index (χ4v) is 2.52. The number of benzene rings is 2. The van der Waals surface area contributed by atoms with Gasteiger partial charge in [0.05, 0.1) is 12.4 Å². The van der Waals surface area contributed by atoms with Crippen molar-refractivity contribution < 1.29 is 9.59 Å². The maximum Gasteiger partial charge on any atom is 0.275 e. The number of rotatable bonds is 5. The Morgan fingerprint density at radius 3 is 2.30 bits per heavy atom. The fraction of sp³-hybridized carbons (Fsp3) is 0.143. The quantitative estimate of drug-likeness (QED) is 0.663. The zero-order chi connectivity index (χ0) is 19.4. The summed E-state index contributed by atoms with van der Waals surface area (Å²) in [6.45, 7) is 5.57.